The number of halogens is 4. The van der Waals surface area contributed by atoms with Crippen molar-refractivity contribution in [2.75, 3.05) is 18.0 Å². The minimum atomic E-state index is -4.54. The average molecular weight is 576 g/mol. The van der Waals surface area contributed by atoms with Crippen LogP contribution in [0.25, 0.3) is 15.9 Å². The Balaban J connectivity index is 1.59. The molecule has 0 saturated carbocycles. The van der Waals surface area contributed by atoms with Crippen LogP contribution in [0, 0.1) is 23.7 Å². The predicted octanol–water partition coefficient (Wildman–Crippen LogP) is 5.60. The van der Waals surface area contributed by atoms with Crippen molar-refractivity contribution in [2.24, 2.45) is 7.05 Å². The Bertz CT molecular complexity index is 1790. The number of fused-ring (bicyclic) bond motifs is 1. The second kappa shape index (κ2) is 10.9. The van der Waals surface area contributed by atoms with Gasteiger partial charge in [0.05, 0.1) is 22.8 Å². The van der Waals surface area contributed by atoms with Gasteiger partial charge in [0, 0.05) is 38.4 Å². The molecule has 4 aromatic rings. The normalized spacial score (nSPS) is 18.5. The van der Waals surface area contributed by atoms with Gasteiger partial charge in [0.15, 0.2) is 0 Å². The van der Waals surface area contributed by atoms with Crippen molar-refractivity contribution >= 4 is 22.5 Å². The first-order chi connectivity index (χ1) is 19.9. The molecule has 1 aliphatic heterocycles. The number of piperazine rings is 1. The molecule has 0 aliphatic carbocycles. The van der Waals surface area contributed by atoms with Crippen LogP contribution in [0.3, 0.4) is 0 Å². The Morgan fingerprint density at radius 1 is 1.07 bits per heavy atom. The van der Waals surface area contributed by atoms with Crippen molar-refractivity contribution < 1.29 is 17.6 Å². The molecule has 214 valence electrons. The van der Waals surface area contributed by atoms with Gasteiger partial charge in [0.25, 0.3) is 11.4 Å². The first-order valence-corrected chi connectivity index (χ1v) is 13.1. The summed E-state index contributed by atoms with van der Waals surface area (Å²) in [6.45, 7) is 11.9. The van der Waals surface area contributed by atoms with Gasteiger partial charge < -0.3 is 14.3 Å². The molecule has 0 bridgehead atoms. The van der Waals surface area contributed by atoms with Crippen LogP contribution in [-0.4, -0.2) is 44.6 Å². The number of rotatable bonds is 4. The van der Waals surface area contributed by atoms with Gasteiger partial charge in [0.2, 0.25) is 5.52 Å². The van der Waals surface area contributed by atoms with Gasteiger partial charge in [-0.05, 0) is 55.8 Å². The SMILES string of the molecule is [C-]#[N+]c1ccc2c(n1)c(N1C[C@@H](C)N(C(c3ccc(F)cc3)c3ccc(C(F)(F)F)cn3)C[C@@H]1C)c(C#N)c(=O)n2C. The molecular formula is C30H25F4N7O. The Morgan fingerprint density at radius 3 is 2.38 bits per heavy atom. The first-order valence-electron chi connectivity index (χ1n) is 13.1. The van der Waals surface area contributed by atoms with Crippen LogP contribution in [0.1, 0.15) is 42.3 Å². The lowest BCUT2D eigenvalue weighted by molar-refractivity contribution is -0.137. The van der Waals surface area contributed by atoms with Crippen molar-refractivity contribution in [3.63, 3.8) is 0 Å². The van der Waals surface area contributed by atoms with Crippen molar-refractivity contribution in [1.82, 2.24) is 19.4 Å². The first kappa shape index (κ1) is 28.7. The molecule has 3 atom stereocenters. The van der Waals surface area contributed by atoms with Crippen molar-refractivity contribution in [2.45, 2.75) is 38.1 Å². The van der Waals surface area contributed by atoms with Gasteiger partial charge in [-0.25, -0.2) is 4.39 Å². The van der Waals surface area contributed by atoms with Crippen LogP contribution in [0.2, 0.25) is 0 Å². The molecule has 1 fully saturated rings. The largest absolute Gasteiger partial charge is 0.417 e. The van der Waals surface area contributed by atoms with E-state index in [2.05, 4.69) is 19.7 Å². The van der Waals surface area contributed by atoms with Crippen LogP contribution in [0.4, 0.5) is 29.1 Å². The molecule has 1 unspecified atom stereocenters. The smallest absolute Gasteiger partial charge is 0.361 e. The Hall–Kier alpha value is -4.81. The minimum absolute atomic E-state index is 0.0911. The quantitative estimate of drug-likeness (QED) is 0.233. The molecule has 0 radical (unpaired) electrons. The third-order valence-electron chi connectivity index (χ3n) is 7.66. The van der Waals surface area contributed by atoms with E-state index < -0.39 is 29.2 Å². The number of aromatic nitrogens is 3. The number of aryl methyl sites for hydroxylation is 1. The number of pyridine rings is 3. The molecule has 1 saturated heterocycles. The van der Waals surface area contributed by atoms with Gasteiger partial charge in [-0.1, -0.05) is 18.7 Å². The highest BCUT2D eigenvalue weighted by atomic mass is 19.4. The molecular weight excluding hydrogens is 550 g/mol. The summed E-state index contributed by atoms with van der Waals surface area (Å²) in [5.41, 5.74) is 0.730. The molecule has 0 spiro atoms. The van der Waals surface area contributed by atoms with Crippen LogP contribution in [0.5, 0.6) is 0 Å². The third kappa shape index (κ3) is 5.06. The summed E-state index contributed by atoms with van der Waals surface area (Å²) in [7, 11) is 1.54. The van der Waals surface area contributed by atoms with Crippen LogP contribution < -0.4 is 10.5 Å². The summed E-state index contributed by atoms with van der Waals surface area (Å²) in [5, 5.41) is 10.0. The van der Waals surface area contributed by atoms with E-state index in [1.165, 1.54) is 28.8 Å². The number of anilines is 1. The highest BCUT2D eigenvalue weighted by molar-refractivity contribution is 5.93. The summed E-state index contributed by atoms with van der Waals surface area (Å²) in [6, 6.07) is 12.1. The van der Waals surface area contributed by atoms with E-state index in [4.69, 9.17) is 6.57 Å². The van der Waals surface area contributed by atoms with Crippen LogP contribution in [-0.2, 0) is 13.2 Å². The third-order valence-corrected chi connectivity index (χ3v) is 7.66. The van der Waals surface area contributed by atoms with E-state index in [9.17, 15) is 27.6 Å². The van der Waals surface area contributed by atoms with Crippen LogP contribution in [0.15, 0.2) is 59.5 Å². The Morgan fingerprint density at radius 2 is 1.79 bits per heavy atom. The molecule has 1 aliphatic rings. The number of nitriles is 1. The molecule has 3 aromatic heterocycles. The molecule has 5 rings (SSSR count). The fourth-order valence-corrected chi connectivity index (χ4v) is 5.56. The monoisotopic (exact) mass is 575 g/mol. The molecule has 0 N–H and O–H groups in total. The zero-order valence-electron chi connectivity index (χ0n) is 22.9. The van der Waals surface area contributed by atoms with E-state index in [0.29, 0.717) is 41.1 Å². The molecule has 12 heteroatoms. The Kier molecular flexibility index (Phi) is 7.43. The topological polar surface area (TPSA) is 82.4 Å². The Labute approximate surface area is 238 Å². The highest BCUT2D eigenvalue weighted by Crippen LogP contribution is 2.38. The number of nitrogens with zero attached hydrogens (tertiary/aromatic N) is 7. The van der Waals surface area contributed by atoms with Crippen molar-refractivity contribution in [3.8, 4) is 6.07 Å². The van der Waals surface area contributed by atoms with Gasteiger partial charge in [0.1, 0.15) is 23.1 Å². The van der Waals surface area contributed by atoms with E-state index in [1.807, 2.05) is 24.8 Å². The number of hydrogen-bond acceptors (Lipinski definition) is 6. The summed E-state index contributed by atoms with van der Waals surface area (Å²) < 4.78 is 55.0. The van der Waals surface area contributed by atoms with Gasteiger partial charge in [-0.3, -0.25) is 14.7 Å². The summed E-state index contributed by atoms with van der Waals surface area (Å²) in [5.74, 6) is -0.327. The highest BCUT2D eigenvalue weighted by Gasteiger charge is 2.39. The maximum absolute atomic E-state index is 13.8. The van der Waals surface area contributed by atoms with Crippen molar-refractivity contribution in [1.29, 1.82) is 5.26 Å². The van der Waals surface area contributed by atoms with E-state index in [1.54, 1.807) is 25.2 Å². The second-order valence-corrected chi connectivity index (χ2v) is 10.3. The van der Waals surface area contributed by atoms with E-state index in [0.717, 1.165) is 12.3 Å². The van der Waals surface area contributed by atoms with Gasteiger partial charge >= 0.3 is 6.18 Å². The number of benzene rings is 1. The molecule has 1 aromatic carbocycles. The van der Waals surface area contributed by atoms with E-state index >= 15 is 0 Å². The number of alkyl halides is 3. The summed E-state index contributed by atoms with van der Waals surface area (Å²) in [6.07, 6.45) is -3.75. The lowest BCUT2D eigenvalue weighted by atomic mass is 9.95. The van der Waals surface area contributed by atoms with Crippen molar-refractivity contribution in [3.05, 3.63) is 105 Å². The molecule has 0 amide bonds. The molecule has 8 nitrogen and oxygen atoms in total. The summed E-state index contributed by atoms with van der Waals surface area (Å²) in [4.78, 5) is 29.2. The fraction of sp³-hybridized carbons (Fsp3) is 0.300. The molecule has 42 heavy (non-hydrogen) atoms. The lowest BCUT2D eigenvalue weighted by Gasteiger charge is -2.48. The van der Waals surface area contributed by atoms with Gasteiger partial charge in [-0.15, -0.1) is 4.98 Å². The minimum Gasteiger partial charge on any atom is -0.361 e. The predicted molar refractivity (Wildman–Crippen MR) is 148 cm³/mol. The fourth-order valence-electron chi connectivity index (χ4n) is 5.56. The zero-order valence-corrected chi connectivity index (χ0v) is 22.9. The lowest BCUT2D eigenvalue weighted by Crippen LogP contribution is -2.58. The maximum atomic E-state index is 13.8. The number of hydrogen-bond donors (Lipinski definition) is 0. The zero-order chi connectivity index (χ0) is 30.3. The van der Waals surface area contributed by atoms with Crippen LogP contribution >= 0.6 is 0 Å². The van der Waals surface area contributed by atoms with Gasteiger partial charge in [-0.2, -0.15) is 18.4 Å². The average Bonchev–Trinajstić information content (AvgIpc) is 2.97. The van der Waals surface area contributed by atoms with E-state index in [-0.39, 0.29) is 23.5 Å². The summed E-state index contributed by atoms with van der Waals surface area (Å²) >= 11 is 0. The molecule has 4 heterocycles. The maximum Gasteiger partial charge on any atom is 0.417 e. The standard InChI is InChI=1S/C30H25F4N7O/c1-17-16-41(28-22(13-35)29(42)39(4)24-11-12-25(36-3)38-26(24)28)18(2)15-40(17)27(19-5-8-21(31)9-6-19)23-10-7-20(14-37-23)30(32,33)34/h5-12,14,17-18,27H,15-16H2,1-2,4H3/t17-,18+,27?/m1/s1. The second-order valence-electron chi connectivity index (χ2n) is 10.3.